The molecule has 0 unspecified atom stereocenters. The number of rotatable bonds is 3. The van der Waals surface area contributed by atoms with Crippen LogP contribution >= 0.6 is 11.6 Å². The molecule has 0 atom stereocenters. The van der Waals surface area contributed by atoms with Crippen molar-refractivity contribution < 1.29 is 9.59 Å². The molecule has 0 aliphatic heterocycles. The number of halogens is 1. The number of alkyl halides is 1. The average molecular weight is 266 g/mol. The normalized spacial score (nSPS) is 13.9. The molecule has 0 aromatic heterocycles. The lowest BCUT2D eigenvalue weighted by molar-refractivity contribution is -0.113. The first kappa shape index (κ1) is 13.1. The molecule has 0 saturated heterocycles. The number of hydrogen-bond donors (Lipinski definition) is 1. The van der Waals surface area contributed by atoms with E-state index in [2.05, 4.69) is 5.32 Å². The third-order valence-corrected chi connectivity index (χ3v) is 3.54. The summed E-state index contributed by atoms with van der Waals surface area (Å²) >= 11 is 5.52. The Hall–Kier alpha value is -1.35. The summed E-state index contributed by atoms with van der Waals surface area (Å²) in [6, 6.07) is 3.80. The second-order valence-electron chi connectivity index (χ2n) is 4.57. The molecular weight excluding hydrogens is 250 g/mol. The van der Waals surface area contributed by atoms with E-state index in [1.807, 2.05) is 6.07 Å². The minimum absolute atomic E-state index is 0.0340. The second-order valence-corrected chi connectivity index (χ2v) is 4.84. The van der Waals surface area contributed by atoms with Crippen LogP contribution in [0.15, 0.2) is 12.1 Å². The number of aryl methyl sites for hydroxylation is 1. The maximum atomic E-state index is 11.6. The van der Waals surface area contributed by atoms with Crippen molar-refractivity contribution in [3.8, 4) is 0 Å². The number of ketones is 1. The molecule has 0 saturated carbocycles. The van der Waals surface area contributed by atoms with Crippen molar-refractivity contribution in [2.45, 2.75) is 32.6 Å². The minimum atomic E-state index is -0.266. The zero-order chi connectivity index (χ0) is 13.1. The van der Waals surface area contributed by atoms with Crippen LogP contribution in [0.5, 0.6) is 0 Å². The summed E-state index contributed by atoms with van der Waals surface area (Å²) in [5, 5.41) is 2.78. The first-order valence-corrected chi connectivity index (χ1v) is 6.68. The fraction of sp³-hybridized carbons (Fsp3) is 0.429. The summed E-state index contributed by atoms with van der Waals surface area (Å²) in [6.07, 6.45) is 4.18. The summed E-state index contributed by atoms with van der Waals surface area (Å²) in [5.74, 6) is -0.396. The quantitative estimate of drug-likeness (QED) is 0.675. The second kappa shape index (κ2) is 5.53. The Morgan fingerprint density at radius 3 is 2.67 bits per heavy atom. The summed E-state index contributed by atoms with van der Waals surface area (Å²) < 4.78 is 0. The summed E-state index contributed by atoms with van der Waals surface area (Å²) in [6.45, 7) is 1.51. The fourth-order valence-electron chi connectivity index (χ4n) is 2.44. The fourth-order valence-corrected chi connectivity index (χ4v) is 2.50. The Labute approximate surface area is 112 Å². The molecule has 0 heterocycles. The number of fused-ring (bicyclic) bond motifs is 1. The number of hydrogen-bond acceptors (Lipinski definition) is 2. The molecule has 1 aliphatic carbocycles. The lowest BCUT2D eigenvalue weighted by atomic mass is 9.88. The Bertz CT molecular complexity index is 497. The van der Waals surface area contributed by atoms with Crippen LogP contribution in [-0.2, 0) is 17.6 Å². The molecule has 0 radical (unpaired) electrons. The van der Waals surface area contributed by atoms with Crippen molar-refractivity contribution in [1.29, 1.82) is 0 Å². The Kier molecular flexibility index (Phi) is 4.02. The molecule has 2 rings (SSSR count). The molecule has 0 bridgehead atoms. The Balaban J connectivity index is 2.49. The zero-order valence-corrected chi connectivity index (χ0v) is 11.1. The molecule has 96 valence electrons. The van der Waals surface area contributed by atoms with Crippen LogP contribution in [0.4, 0.5) is 5.69 Å². The summed E-state index contributed by atoms with van der Waals surface area (Å²) in [4.78, 5) is 23.1. The Morgan fingerprint density at radius 1 is 1.28 bits per heavy atom. The van der Waals surface area contributed by atoms with Gasteiger partial charge in [-0.3, -0.25) is 9.59 Å². The number of amides is 1. The number of carbonyl (C=O) groups excluding carboxylic acids is 2. The third-order valence-electron chi connectivity index (χ3n) is 3.30. The molecular formula is C14H16ClNO2. The van der Waals surface area contributed by atoms with Crippen molar-refractivity contribution in [2.75, 3.05) is 11.2 Å². The highest BCUT2D eigenvalue weighted by Crippen LogP contribution is 2.31. The molecule has 0 spiro atoms. The SMILES string of the molecule is CC(=O)c1ccc2c(c1NC(=O)CCl)CCCC2. The largest absolute Gasteiger partial charge is 0.324 e. The third kappa shape index (κ3) is 2.56. The van der Waals surface area contributed by atoms with E-state index in [9.17, 15) is 9.59 Å². The van der Waals surface area contributed by atoms with Crippen LogP contribution in [0.1, 0.15) is 41.3 Å². The van der Waals surface area contributed by atoms with Crippen LogP contribution in [-0.4, -0.2) is 17.6 Å². The minimum Gasteiger partial charge on any atom is -0.324 e. The number of carbonyl (C=O) groups is 2. The highest BCUT2D eigenvalue weighted by atomic mass is 35.5. The molecule has 1 amide bonds. The van der Waals surface area contributed by atoms with Crippen LogP contribution in [0.3, 0.4) is 0 Å². The van der Waals surface area contributed by atoms with Gasteiger partial charge in [-0.25, -0.2) is 0 Å². The standard InChI is InChI=1S/C14H16ClNO2/c1-9(17)11-7-6-10-4-2-3-5-12(10)14(11)16-13(18)8-15/h6-7H,2-5,8H2,1H3,(H,16,18). The molecule has 1 aromatic carbocycles. The number of anilines is 1. The summed E-state index contributed by atoms with van der Waals surface area (Å²) in [7, 11) is 0. The van der Waals surface area contributed by atoms with E-state index in [4.69, 9.17) is 11.6 Å². The monoisotopic (exact) mass is 265 g/mol. The summed E-state index contributed by atoms with van der Waals surface area (Å²) in [5.41, 5.74) is 3.59. The van der Waals surface area contributed by atoms with Crippen LogP contribution in [0.2, 0.25) is 0 Å². The van der Waals surface area contributed by atoms with Gasteiger partial charge in [0.2, 0.25) is 5.91 Å². The van der Waals surface area contributed by atoms with E-state index in [1.165, 1.54) is 12.5 Å². The van der Waals surface area contributed by atoms with Gasteiger partial charge in [0.1, 0.15) is 5.88 Å². The molecule has 1 N–H and O–H groups in total. The van der Waals surface area contributed by atoms with Gasteiger partial charge in [-0.2, -0.15) is 0 Å². The topological polar surface area (TPSA) is 46.2 Å². The predicted molar refractivity (Wildman–Crippen MR) is 72.4 cm³/mol. The smallest absolute Gasteiger partial charge is 0.239 e. The lowest BCUT2D eigenvalue weighted by Crippen LogP contribution is -2.19. The van der Waals surface area contributed by atoms with E-state index in [1.54, 1.807) is 6.07 Å². The van der Waals surface area contributed by atoms with Crippen molar-refractivity contribution in [3.63, 3.8) is 0 Å². The van der Waals surface area contributed by atoms with Crippen molar-refractivity contribution >= 4 is 29.0 Å². The highest BCUT2D eigenvalue weighted by Gasteiger charge is 2.19. The zero-order valence-electron chi connectivity index (χ0n) is 10.4. The van der Waals surface area contributed by atoms with Gasteiger partial charge in [-0.05, 0) is 49.8 Å². The van der Waals surface area contributed by atoms with Crippen LogP contribution < -0.4 is 5.32 Å². The van der Waals surface area contributed by atoms with Gasteiger partial charge < -0.3 is 5.32 Å². The van der Waals surface area contributed by atoms with Gasteiger partial charge >= 0.3 is 0 Å². The molecule has 1 aromatic rings. The van der Waals surface area contributed by atoms with E-state index >= 15 is 0 Å². The van der Waals surface area contributed by atoms with Gasteiger partial charge in [0.05, 0.1) is 5.69 Å². The van der Waals surface area contributed by atoms with Gasteiger partial charge in [-0.1, -0.05) is 6.07 Å². The average Bonchev–Trinajstić information content (AvgIpc) is 2.38. The maximum Gasteiger partial charge on any atom is 0.239 e. The number of Topliss-reactive ketones (excluding diaryl/α,β-unsaturated/α-hetero) is 1. The van der Waals surface area contributed by atoms with E-state index < -0.39 is 0 Å². The van der Waals surface area contributed by atoms with Crippen molar-refractivity contribution in [2.24, 2.45) is 0 Å². The van der Waals surface area contributed by atoms with Gasteiger partial charge in [0, 0.05) is 5.56 Å². The van der Waals surface area contributed by atoms with Crippen molar-refractivity contribution in [3.05, 3.63) is 28.8 Å². The molecule has 3 nitrogen and oxygen atoms in total. The van der Waals surface area contributed by atoms with E-state index in [0.29, 0.717) is 11.3 Å². The van der Waals surface area contributed by atoms with Crippen LogP contribution in [0.25, 0.3) is 0 Å². The van der Waals surface area contributed by atoms with Gasteiger partial charge in [0.15, 0.2) is 5.78 Å². The number of benzene rings is 1. The van der Waals surface area contributed by atoms with Crippen LogP contribution in [0, 0.1) is 0 Å². The lowest BCUT2D eigenvalue weighted by Gasteiger charge is -2.21. The first-order chi connectivity index (χ1) is 8.63. The van der Waals surface area contributed by atoms with E-state index in [-0.39, 0.29) is 17.6 Å². The van der Waals surface area contributed by atoms with Gasteiger partial charge in [-0.15, -0.1) is 11.6 Å². The molecule has 18 heavy (non-hydrogen) atoms. The van der Waals surface area contributed by atoms with Gasteiger partial charge in [0.25, 0.3) is 0 Å². The van der Waals surface area contributed by atoms with Crippen molar-refractivity contribution in [1.82, 2.24) is 0 Å². The Morgan fingerprint density at radius 2 is 2.00 bits per heavy atom. The first-order valence-electron chi connectivity index (χ1n) is 6.15. The molecule has 1 aliphatic rings. The predicted octanol–water partition coefficient (Wildman–Crippen LogP) is 2.95. The number of nitrogens with one attached hydrogen (secondary N) is 1. The maximum absolute atomic E-state index is 11.6. The molecule has 0 fully saturated rings. The van der Waals surface area contributed by atoms with E-state index in [0.717, 1.165) is 31.2 Å². The highest BCUT2D eigenvalue weighted by molar-refractivity contribution is 6.29. The molecule has 4 heteroatoms.